The highest BCUT2D eigenvalue weighted by molar-refractivity contribution is 14.1. The number of carbonyl (C=O) groups is 4. The number of ketones is 1. The Bertz CT molecular complexity index is 2230. The molecule has 0 saturated carbocycles. The fourth-order valence-electron chi connectivity index (χ4n) is 9.71. The molecule has 0 aromatic carbocycles. The predicted molar refractivity (Wildman–Crippen MR) is 272 cm³/mol. The molecule has 2 aromatic rings. The number of halogens is 2. The second kappa shape index (κ2) is 24.1. The van der Waals surface area contributed by atoms with E-state index in [1.807, 2.05) is 53.6 Å². The molecule has 0 spiro atoms. The summed E-state index contributed by atoms with van der Waals surface area (Å²) in [4.78, 5) is 76.1. The van der Waals surface area contributed by atoms with Gasteiger partial charge in [0.05, 0.1) is 41.9 Å². The van der Waals surface area contributed by atoms with Gasteiger partial charge in [0.15, 0.2) is 22.8 Å². The van der Waals surface area contributed by atoms with Crippen LogP contribution in [0.15, 0.2) is 33.7 Å². The van der Waals surface area contributed by atoms with Crippen molar-refractivity contribution in [2.45, 2.75) is 172 Å². The SMILES string of the molecule is CCC(=O)N=C1[C@H](C)C[C@@]2(C)OC/C(=N/OCc3csc(-c4cccc(NC(=O)[C@@H](N)CC(C)C)n4)n3)CC[C@H]([C@H]1C)[C@](C)(O)[C@@H](I)OC(=O)[C@@](C)(F)C(=O)[C@H](C)[C@H]2O[C@@H]1O[C@H](C)C[C@H](N(C)C)[C@H]1O. The Morgan fingerprint density at radius 3 is 2.49 bits per heavy atom. The van der Waals surface area contributed by atoms with Crippen molar-refractivity contribution in [3.05, 3.63) is 29.3 Å². The number of nitrogens with two attached hydrogens (primary N) is 1. The number of ether oxygens (including phenoxy) is 4. The number of rotatable bonds is 12. The van der Waals surface area contributed by atoms with Crippen LogP contribution in [0.1, 0.15) is 113 Å². The molecule has 390 valence electrons. The molecule has 0 radical (unpaired) electrons. The van der Waals surface area contributed by atoms with E-state index in [0.29, 0.717) is 46.5 Å². The van der Waals surface area contributed by atoms with Gasteiger partial charge in [-0.05, 0) is 126 Å². The van der Waals surface area contributed by atoms with E-state index in [9.17, 15) is 29.4 Å². The third-order valence-corrected chi connectivity index (χ3v) is 16.1. The molecule has 5 rings (SSSR count). The van der Waals surface area contributed by atoms with Gasteiger partial charge in [0.2, 0.25) is 11.8 Å². The number of aliphatic hydroxyl groups excluding tert-OH is 1. The van der Waals surface area contributed by atoms with E-state index in [-0.39, 0.29) is 50.7 Å². The predicted octanol–water partition coefficient (Wildman–Crippen LogP) is 6.43. The molecule has 2 aromatic heterocycles. The molecule has 2 amide bonds. The van der Waals surface area contributed by atoms with Gasteiger partial charge < -0.3 is 49.9 Å². The Balaban J connectivity index is 1.57. The van der Waals surface area contributed by atoms with Crippen LogP contribution in [0.3, 0.4) is 0 Å². The number of alkyl halides is 2. The molecule has 0 aliphatic carbocycles. The largest absolute Gasteiger partial charge is 0.446 e. The molecule has 2 bridgehead atoms. The number of carbonyl (C=O) groups excluding carboxylic acids is 4. The molecular formula is C49H73FIN7O11S. The van der Waals surface area contributed by atoms with Gasteiger partial charge >= 0.3 is 5.97 Å². The lowest BCUT2D eigenvalue weighted by Crippen LogP contribution is -2.61. The number of fused-ring (bicyclic) bond motifs is 5. The number of anilines is 1. The van der Waals surface area contributed by atoms with Crippen molar-refractivity contribution in [3.63, 3.8) is 0 Å². The summed E-state index contributed by atoms with van der Waals surface area (Å²) in [5.74, 6) is -6.29. The van der Waals surface area contributed by atoms with Gasteiger partial charge in [0.25, 0.3) is 5.67 Å². The summed E-state index contributed by atoms with van der Waals surface area (Å²) in [6.45, 7) is 16.4. The maximum absolute atomic E-state index is 16.9. The topological polar surface area (TPSA) is 247 Å². The summed E-state index contributed by atoms with van der Waals surface area (Å²) in [5.41, 5.74) is 1.30. The maximum atomic E-state index is 16.9. The van der Waals surface area contributed by atoms with Crippen molar-refractivity contribution in [1.29, 1.82) is 0 Å². The quantitative estimate of drug-likeness (QED) is 0.0588. The molecule has 21 heteroatoms. The maximum Gasteiger partial charge on any atom is 0.352 e. The lowest BCUT2D eigenvalue weighted by Gasteiger charge is -2.47. The van der Waals surface area contributed by atoms with E-state index in [0.717, 1.165) is 6.92 Å². The smallest absolute Gasteiger partial charge is 0.352 e. The second-order valence-corrected chi connectivity index (χ2v) is 22.4. The first-order valence-corrected chi connectivity index (χ1v) is 26.2. The molecule has 5 N–H and O–H groups in total. The zero-order valence-electron chi connectivity index (χ0n) is 42.4. The number of likely N-dealkylation sites (N-methyl/N-ethyl adjacent to an activating group) is 1. The van der Waals surface area contributed by atoms with E-state index in [1.54, 1.807) is 60.0 Å². The van der Waals surface area contributed by atoms with Crippen molar-refractivity contribution < 1.29 is 57.6 Å². The van der Waals surface area contributed by atoms with E-state index < -0.39 is 99.0 Å². The minimum atomic E-state index is -3.21. The average Bonchev–Trinajstić information content (AvgIpc) is 3.76. The molecule has 3 aliphatic heterocycles. The lowest BCUT2D eigenvalue weighted by atomic mass is 9.70. The number of nitrogens with one attached hydrogen (secondary N) is 1. The van der Waals surface area contributed by atoms with Gasteiger partial charge in [-0.25, -0.2) is 24.1 Å². The number of pyridine rings is 1. The van der Waals surface area contributed by atoms with Gasteiger partial charge in [0.1, 0.15) is 28.2 Å². The van der Waals surface area contributed by atoms with Crippen molar-refractivity contribution in [1.82, 2.24) is 14.9 Å². The minimum absolute atomic E-state index is 0.0281. The summed E-state index contributed by atoms with van der Waals surface area (Å²) in [7, 11) is 3.64. The van der Waals surface area contributed by atoms with E-state index in [4.69, 9.17) is 34.5 Å². The highest BCUT2D eigenvalue weighted by atomic mass is 127. The first kappa shape index (κ1) is 57.5. The number of aliphatic imine (C=N–C) groups is 1. The van der Waals surface area contributed by atoms with Gasteiger partial charge in [-0.3, -0.25) is 14.4 Å². The van der Waals surface area contributed by atoms with Crippen molar-refractivity contribution in [3.8, 4) is 10.7 Å². The third kappa shape index (κ3) is 13.8. The molecule has 14 atom stereocenters. The Morgan fingerprint density at radius 2 is 1.83 bits per heavy atom. The number of nitrogens with zero attached hydrogens (tertiary/aromatic N) is 5. The second-order valence-electron chi connectivity index (χ2n) is 20.4. The normalized spacial score (nSPS) is 35.5. The highest BCUT2D eigenvalue weighted by Crippen LogP contribution is 2.44. The van der Waals surface area contributed by atoms with Crippen molar-refractivity contribution in [2.24, 2.45) is 45.5 Å². The number of aromatic nitrogens is 2. The number of Topliss-reactive ketones (excluding diaryl/α,β-unsaturated/α-hetero) is 1. The van der Waals surface area contributed by atoms with Gasteiger partial charge in [0, 0.05) is 35.4 Å². The first-order valence-electron chi connectivity index (χ1n) is 24.1. The summed E-state index contributed by atoms with van der Waals surface area (Å²) in [6.07, 6.45) is -2.88. The van der Waals surface area contributed by atoms with Gasteiger partial charge in [-0.15, -0.1) is 11.3 Å². The minimum Gasteiger partial charge on any atom is -0.446 e. The van der Waals surface area contributed by atoms with Crippen LogP contribution < -0.4 is 11.1 Å². The standard InChI is InChI=1S/C49H73FIN7O11S/c1-13-37(59)56-38-26(4)21-47(8)41(68-44-39(60)35(58(11)12)20-27(5)67-44)29(7)40(61)48(9,50)46(63)69-45(51)49(10,64)32(28(38)6)18-17-30(22-65-47)57-66-23-31-24-70-43(53-31)34-15-14-16-36(54-34)55-42(62)33(52)19-25(2)3/h14-16,24-29,32-33,35,39,41,44-45,60,64H,13,17-23,52H2,1-12H3,(H,54,55,62)/b56-38?,57-30+/t26-,27-,28-,29+,32-,33+,35+,39-,41-,44+,45+,47-,48+,49+/m1/s1. The Kier molecular flexibility index (Phi) is 19.8. The summed E-state index contributed by atoms with van der Waals surface area (Å²) in [6, 6.07) is 4.11. The number of hydrogen-bond donors (Lipinski definition) is 4. The molecule has 3 fully saturated rings. The number of thiazole rings is 1. The average molecular weight is 1110 g/mol. The number of esters is 1. The summed E-state index contributed by atoms with van der Waals surface area (Å²) >= 11 is 3.06. The van der Waals surface area contributed by atoms with Crippen LogP contribution in [0.5, 0.6) is 0 Å². The van der Waals surface area contributed by atoms with E-state index in [2.05, 4.69) is 20.4 Å². The van der Waals surface area contributed by atoms with Crippen LogP contribution in [0, 0.1) is 29.6 Å². The molecule has 0 unspecified atom stereocenters. The van der Waals surface area contributed by atoms with Crippen LogP contribution in [0.25, 0.3) is 10.7 Å². The molecule has 3 aliphatic rings. The van der Waals surface area contributed by atoms with Gasteiger partial charge in [-0.2, -0.15) is 0 Å². The number of amides is 2. The fourth-order valence-corrected chi connectivity index (χ4v) is 11.2. The lowest BCUT2D eigenvalue weighted by molar-refractivity contribution is -0.296. The number of oxime groups is 1. The van der Waals surface area contributed by atoms with Crippen LogP contribution in [0.4, 0.5) is 10.2 Å². The van der Waals surface area contributed by atoms with Crippen LogP contribution >= 0.6 is 33.9 Å². The Hall–Kier alpha value is -3.42. The summed E-state index contributed by atoms with van der Waals surface area (Å²) in [5, 5.41) is 33.9. The number of cyclic esters (lactones) is 1. The van der Waals surface area contributed by atoms with Crippen molar-refractivity contribution in [2.75, 3.05) is 26.0 Å². The zero-order chi connectivity index (χ0) is 52.0. The number of aliphatic hydroxyl groups is 2. The zero-order valence-corrected chi connectivity index (χ0v) is 45.4. The number of hydrogen-bond acceptors (Lipinski definition) is 17. The van der Waals surface area contributed by atoms with Crippen LogP contribution in [-0.2, 0) is 49.6 Å². The molecule has 5 heterocycles. The molecule has 70 heavy (non-hydrogen) atoms. The monoisotopic (exact) mass is 1110 g/mol. The van der Waals surface area contributed by atoms with E-state index >= 15 is 4.39 Å². The third-order valence-electron chi connectivity index (χ3n) is 13.7. The van der Waals surface area contributed by atoms with E-state index in [1.165, 1.54) is 25.2 Å². The van der Waals surface area contributed by atoms with Gasteiger partial charge in [-0.1, -0.05) is 52.8 Å². The molecular weight excluding hydrogens is 1040 g/mol. The highest BCUT2D eigenvalue weighted by Gasteiger charge is 2.56. The summed E-state index contributed by atoms with van der Waals surface area (Å²) < 4.78 is 41.1. The first-order chi connectivity index (χ1) is 32.7. The fraction of sp³-hybridized carbons (Fsp3) is 0.714. The molecule has 18 nitrogen and oxygen atoms in total. The van der Waals surface area contributed by atoms with Crippen LogP contribution in [-0.4, -0.2) is 138 Å². The van der Waals surface area contributed by atoms with Crippen molar-refractivity contribution >= 4 is 74.7 Å². The molecule has 3 saturated heterocycles. The Morgan fingerprint density at radius 1 is 1.13 bits per heavy atom. The van der Waals surface area contributed by atoms with Crippen LogP contribution in [0.2, 0.25) is 0 Å². The Labute approximate surface area is 428 Å².